The van der Waals surface area contributed by atoms with E-state index < -0.39 is 0 Å². The number of hydrogen-bond acceptors (Lipinski definition) is 5. The minimum absolute atomic E-state index is 0.0401. The molecule has 3 rings (SSSR count). The van der Waals surface area contributed by atoms with Gasteiger partial charge in [0.15, 0.2) is 0 Å². The molecule has 0 bridgehead atoms. The van der Waals surface area contributed by atoms with Crippen LogP contribution in [0, 0.1) is 24.2 Å². The Bertz CT molecular complexity index is 599. The second-order valence-corrected chi connectivity index (χ2v) is 4.22. The van der Waals surface area contributed by atoms with E-state index in [0.717, 1.165) is 17.5 Å². The Hall–Kier alpha value is -2.22. The van der Waals surface area contributed by atoms with Crippen molar-refractivity contribution in [3.05, 3.63) is 29.9 Å². The summed E-state index contributed by atoms with van der Waals surface area (Å²) in [7, 11) is 0. The number of nitriles is 1. The van der Waals surface area contributed by atoms with E-state index in [4.69, 9.17) is 9.78 Å². The summed E-state index contributed by atoms with van der Waals surface area (Å²) in [5, 5.41) is 12.7. The predicted octanol–water partition coefficient (Wildman–Crippen LogP) is 2.07. The van der Waals surface area contributed by atoms with Gasteiger partial charge < -0.3 is 4.52 Å². The summed E-state index contributed by atoms with van der Waals surface area (Å²) in [5.74, 6) is 1.28. The molecule has 1 aliphatic carbocycles. The maximum Gasteiger partial charge on any atom is 0.231 e. The highest BCUT2D eigenvalue weighted by Gasteiger charge is 2.43. The molecule has 2 unspecified atom stereocenters. The van der Waals surface area contributed by atoms with Crippen molar-refractivity contribution >= 4 is 0 Å². The van der Waals surface area contributed by atoms with Crippen LogP contribution in [0.1, 0.15) is 23.8 Å². The molecule has 5 nitrogen and oxygen atoms in total. The molecule has 17 heavy (non-hydrogen) atoms. The average molecular weight is 226 g/mol. The molecule has 84 valence electrons. The van der Waals surface area contributed by atoms with Crippen molar-refractivity contribution in [2.45, 2.75) is 19.3 Å². The highest BCUT2D eigenvalue weighted by atomic mass is 16.5. The van der Waals surface area contributed by atoms with Gasteiger partial charge in [0.25, 0.3) is 0 Å². The van der Waals surface area contributed by atoms with Gasteiger partial charge in [-0.3, -0.25) is 4.98 Å². The normalized spacial score (nSPS) is 22.1. The van der Waals surface area contributed by atoms with Crippen molar-refractivity contribution in [3.8, 4) is 17.5 Å². The van der Waals surface area contributed by atoms with Crippen LogP contribution in [-0.4, -0.2) is 15.1 Å². The third kappa shape index (κ3) is 1.68. The Morgan fingerprint density at radius 2 is 2.41 bits per heavy atom. The molecular weight excluding hydrogens is 216 g/mol. The second-order valence-electron chi connectivity index (χ2n) is 4.22. The molecular formula is C12H10N4O. The summed E-state index contributed by atoms with van der Waals surface area (Å²) < 4.78 is 5.19. The molecule has 5 heteroatoms. The molecule has 1 saturated carbocycles. The van der Waals surface area contributed by atoms with Gasteiger partial charge in [-0.05, 0) is 25.0 Å². The molecule has 0 amide bonds. The van der Waals surface area contributed by atoms with Gasteiger partial charge in [0, 0.05) is 18.0 Å². The first kappa shape index (κ1) is 9.97. The van der Waals surface area contributed by atoms with Gasteiger partial charge in [-0.1, -0.05) is 5.16 Å². The smallest absolute Gasteiger partial charge is 0.231 e. The lowest BCUT2D eigenvalue weighted by Gasteiger charge is -1.97. The molecule has 2 heterocycles. The molecule has 2 aromatic heterocycles. The molecule has 0 saturated heterocycles. The largest absolute Gasteiger partial charge is 0.339 e. The van der Waals surface area contributed by atoms with Crippen molar-refractivity contribution in [1.29, 1.82) is 5.26 Å². The fourth-order valence-electron chi connectivity index (χ4n) is 1.80. The minimum atomic E-state index is 0.0401. The quantitative estimate of drug-likeness (QED) is 0.783. The van der Waals surface area contributed by atoms with E-state index in [1.54, 1.807) is 12.4 Å². The van der Waals surface area contributed by atoms with Gasteiger partial charge in [-0.2, -0.15) is 10.2 Å². The molecule has 2 atom stereocenters. The van der Waals surface area contributed by atoms with Crippen molar-refractivity contribution in [2.75, 3.05) is 0 Å². The summed E-state index contributed by atoms with van der Waals surface area (Å²) in [5.41, 5.74) is 1.93. The number of nitrogens with zero attached hydrogens (tertiary/aromatic N) is 4. The Kier molecular flexibility index (Phi) is 2.15. The van der Waals surface area contributed by atoms with E-state index in [1.165, 1.54) is 0 Å². The fraction of sp³-hybridized carbons (Fsp3) is 0.333. The number of aromatic nitrogens is 3. The monoisotopic (exact) mass is 226 g/mol. The SMILES string of the molecule is Cc1ccncc1-c1noc(C2CC2C#N)n1. The standard InChI is InChI=1S/C12H10N4O/c1-7-2-3-14-6-10(7)11-15-12(17-16-11)9-4-8(9)5-13/h2-3,6,8-9H,4H2,1H3. The molecule has 0 radical (unpaired) electrons. The van der Waals surface area contributed by atoms with Crippen LogP contribution in [0.5, 0.6) is 0 Å². The van der Waals surface area contributed by atoms with Gasteiger partial charge in [0.2, 0.25) is 11.7 Å². The Morgan fingerprint density at radius 1 is 1.53 bits per heavy atom. The molecule has 0 aliphatic heterocycles. The van der Waals surface area contributed by atoms with Crippen molar-refractivity contribution in [2.24, 2.45) is 5.92 Å². The zero-order valence-corrected chi connectivity index (χ0v) is 9.29. The van der Waals surface area contributed by atoms with Crippen LogP contribution in [0.15, 0.2) is 23.0 Å². The van der Waals surface area contributed by atoms with Crippen molar-refractivity contribution in [1.82, 2.24) is 15.1 Å². The third-order valence-electron chi connectivity index (χ3n) is 3.00. The maximum atomic E-state index is 8.76. The summed E-state index contributed by atoms with van der Waals surface area (Å²) in [4.78, 5) is 8.38. The summed E-state index contributed by atoms with van der Waals surface area (Å²) >= 11 is 0. The van der Waals surface area contributed by atoms with E-state index in [0.29, 0.717) is 11.7 Å². The molecule has 0 aromatic carbocycles. The van der Waals surface area contributed by atoms with Crippen LogP contribution >= 0.6 is 0 Å². The highest BCUT2D eigenvalue weighted by molar-refractivity contribution is 5.57. The molecule has 1 aliphatic rings. The summed E-state index contributed by atoms with van der Waals surface area (Å²) in [6.07, 6.45) is 4.27. The second kappa shape index (κ2) is 3.67. The Labute approximate surface area is 98.1 Å². The first-order chi connectivity index (χ1) is 8.29. The molecule has 2 aromatic rings. The molecule has 1 fully saturated rings. The van der Waals surface area contributed by atoms with Crippen molar-refractivity contribution < 1.29 is 4.52 Å². The lowest BCUT2D eigenvalue weighted by molar-refractivity contribution is 0.378. The van der Waals surface area contributed by atoms with Gasteiger partial charge in [-0.25, -0.2) is 0 Å². The zero-order chi connectivity index (χ0) is 11.8. The van der Waals surface area contributed by atoms with E-state index >= 15 is 0 Å². The average Bonchev–Trinajstić information content (AvgIpc) is 2.99. The lowest BCUT2D eigenvalue weighted by atomic mass is 10.1. The minimum Gasteiger partial charge on any atom is -0.339 e. The van der Waals surface area contributed by atoms with Crippen LogP contribution in [0.3, 0.4) is 0 Å². The van der Waals surface area contributed by atoms with E-state index in [1.807, 2.05) is 13.0 Å². The number of rotatable bonds is 2. The van der Waals surface area contributed by atoms with E-state index in [2.05, 4.69) is 21.2 Å². The van der Waals surface area contributed by atoms with Crippen LogP contribution in [-0.2, 0) is 0 Å². The summed E-state index contributed by atoms with van der Waals surface area (Å²) in [6, 6.07) is 4.11. The van der Waals surface area contributed by atoms with Crippen LogP contribution in [0.25, 0.3) is 11.4 Å². The molecule has 0 spiro atoms. The first-order valence-corrected chi connectivity index (χ1v) is 5.44. The molecule has 0 N–H and O–H groups in total. The maximum absolute atomic E-state index is 8.76. The first-order valence-electron chi connectivity index (χ1n) is 5.44. The topological polar surface area (TPSA) is 75.6 Å². The van der Waals surface area contributed by atoms with Crippen LogP contribution in [0.4, 0.5) is 0 Å². The van der Waals surface area contributed by atoms with Gasteiger partial charge >= 0.3 is 0 Å². The van der Waals surface area contributed by atoms with Gasteiger partial charge in [-0.15, -0.1) is 0 Å². The van der Waals surface area contributed by atoms with E-state index in [9.17, 15) is 0 Å². The highest BCUT2D eigenvalue weighted by Crippen LogP contribution is 2.46. The predicted molar refractivity (Wildman–Crippen MR) is 58.7 cm³/mol. The number of aryl methyl sites for hydroxylation is 1. The van der Waals surface area contributed by atoms with Crippen LogP contribution in [0.2, 0.25) is 0 Å². The third-order valence-corrected chi connectivity index (χ3v) is 3.00. The number of pyridine rings is 1. The lowest BCUT2D eigenvalue weighted by Crippen LogP contribution is -1.87. The fourth-order valence-corrected chi connectivity index (χ4v) is 1.80. The summed E-state index contributed by atoms with van der Waals surface area (Å²) in [6.45, 7) is 1.97. The number of hydrogen-bond donors (Lipinski definition) is 0. The zero-order valence-electron chi connectivity index (χ0n) is 9.29. The van der Waals surface area contributed by atoms with Gasteiger partial charge in [0.1, 0.15) is 0 Å². The van der Waals surface area contributed by atoms with Gasteiger partial charge in [0.05, 0.1) is 17.9 Å². The van der Waals surface area contributed by atoms with Crippen LogP contribution < -0.4 is 0 Å². The Morgan fingerprint density at radius 3 is 3.12 bits per heavy atom. The van der Waals surface area contributed by atoms with Crippen molar-refractivity contribution in [3.63, 3.8) is 0 Å². The van der Waals surface area contributed by atoms with E-state index in [-0.39, 0.29) is 11.8 Å². The Balaban J connectivity index is 1.92.